The number of aromatic nitrogens is 1. The predicted octanol–water partition coefficient (Wildman–Crippen LogP) is 4.36. The zero-order valence-corrected chi connectivity index (χ0v) is 10.8. The van der Waals surface area contributed by atoms with Gasteiger partial charge < -0.3 is 5.32 Å². The van der Waals surface area contributed by atoms with Gasteiger partial charge in [0, 0.05) is 12.1 Å². The molecule has 4 heteroatoms. The van der Waals surface area contributed by atoms with E-state index in [-0.39, 0.29) is 5.82 Å². The first-order valence-corrected chi connectivity index (χ1v) is 6.25. The van der Waals surface area contributed by atoms with Crippen molar-refractivity contribution in [2.45, 2.75) is 13.3 Å². The first kappa shape index (κ1) is 12.8. The summed E-state index contributed by atoms with van der Waals surface area (Å²) in [6.45, 7) is 2.94. The summed E-state index contributed by atoms with van der Waals surface area (Å²) in [6, 6.07) is 9.85. The molecule has 0 aliphatic carbocycles. The zero-order chi connectivity index (χ0) is 13.0. The quantitative estimate of drug-likeness (QED) is 0.887. The summed E-state index contributed by atoms with van der Waals surface area (Å²) in [5.74, 6) is 0.456. The normalized spacial score (nSPS) is 10.4. The van der Waals surface area contributed by atoms with E-state index in [1.165, 1.54) is 12.1 Å². The molecule has 0 fully saturated rings. The minimum absolute atomic E-state index is 0.317. The molecule has 2 rings (SSSR count). The molecule has 94 valence electrons. The third-order valence-corrected chi connectivity index (χ3v) is 2.84. The molecule has 2 nitrogen and oxygen atoms in total. The first-order chi connectivity index (χ1) is 8.70. The van der Waals surface area contributed by atoms with Crippen LogP contribution in [0.25, 0.3) is 11.3 Å². The topological polar surface area (TPSA) is 24.9 Å². The minimum atomic E-state index is -0.317. The lowest BCUT2D eigenvalue weighted by Crippen LogP contribution is -2.02. The molecule has 0 atom stereocenters. The van der Waals surface area contributed by atoms with Crippen LogP contribution in [0.5, 0.6) is 0 Å². The Kier molecular flexibility index (Phi) is 4.15. The number of anilines is 1. The maximum atomic E-state index is 13.2. The van der Waals surface area contributed by atoms with E-state index in [1.54, 1.807) is 6.07 Å². The predicted molar refractivity (Wildman–Crippen MR) is 73.4 cm³/mol. The van der Waals surface area contributed by atoms with Crippen LogP contribution in [-0.4, -0.2) is 11.5 Å². The van der Waals surface area contributed by atoms with E-state index in [1.807, 2.05) is 18.2 Å². The summed E-state index contributed by atoms with van der Waals surface area (Å²) in [5, 5.41) is 3.69. The summed E-state index contributed by atoms with van der Waals surface area (Å²) in [5.41, 5.74) is 1.28. The highest BCUT2D eigenvalue weighted by molar-refractivity contribution is 6.33. The van der Waals surface area contributed by atoms with Crippen molar-refractivity contribution < 1.29 is 4.39 Å². The summed E-state index contributed by atoms with van der Waals surface area (Å²) < 4.78 is 13.2. The molecule has 18 heavy (non-hydrogen) atoms. The molecule has 1 aromatic heterocycles. The Bertz CT molecular complexity index is 543. The van der Waals surface area contributed by atoms with Crippen LogP contribution in [0.15, 0.2) is 36.4 Å². The van der Waals surface area contributed by atoms with Crippen molar-refractivity contribution in [3.63, 3.8) is 0 Å². The van der Waals surface area contributed by atoms with Gasteiger partial charge in [0.05, 0.1) is 10.7 Å². The number of hydrogen-bond acceptors (Lipinski definition) is 2. The average molecular weight is 265 g/mol. The molecule has 0 saturated heterocycles. The number of nitrogens with one attached hydrogen (secondary N) is 1. The lowest BCUT2D eigenvalue weighted by Gasteiger charge is -2.08. The third kappa shape index (κ3) is 2.99. The molecule has 2 aromatic rings. The lowest BCUT2D eigenvalue weighted by atomic mass is 10.1. The number of hydrogen-bond donors (Lipinski definition) is 1. The van der Waals surface area contributed by atoms with Gasteiger partial charge in [-0.2, -0.15) is 0 Å². The van der Waals surface area contributed by atoms with Crippen molar-refractivity contribution >= 4 is 17.4 Å². The van der Waals surface area contributed by atoms with Gasteiger partial charge in [-0.15, -0.1) is 0 Å². The van der Waals surface area contributed by atoms with Crippen LogP contribution >= 0.6 is 11.6 Å². The molecule has 0 amide bonds. The van der Waals surface area contributed by atoms with Gasteiger partial charge in [0.1, 0.15) is 11.6 Å². The third-order valence-electron chi connectivity index (χ3n) is 2.51. The number of pyridine rings is 1. The van der Waals surface area contributed by atoms with Crippen LogP contribution in [0.1, 0.15) is 13.3 Å². The summed E-state index contributed by atoms with van der Waals surface area (Å²) in [6.07, 6.45) is 1.02. The molecule has 0 bridgehead atoms. The van der Waals surface area contributed by atoms with Crippen LogP contribution in [-0.2, 0) is 0 Å². The fourth-order valence-electron chi connectivity index (χ4n) is 1.63. The van der Waals surface area contributed by atoms with E-state index in [4.69, 9.17) is 11.6 Å². The van der Waals surface area contributed by atoms with Gasteiger partial charge in [0.25, 0.3) is 0 Å². The SMILES string of the molecule is CCCNc1cccc(-c2cc(F)ccc2Cl)n1. The maximum absolute atomic E-state index is 13.2. The smallest absolute Gasteiger partial charge is 0.126 e. The van der Waals surface area contributed by atoms with Gasteiger partial charge in [0.15, 0.2) is 0 Å². The largest absolute Gasteiger partial charge is 0.370 e. The van der Waals surface area contributed by atoms with E-state index in [0.29, 0.717) is 16.3 Å². The van der Waals surface area contributed by atoms with Crippen LogP contribution in [0, 0.1) is 5.82 Å². The second-order valence-electron chi connectivity index (χ2n) is 3.96. The van der Waals surface area contributed by atoms with Crippen molar-refractivity contribution in [1.29, 1.82) is 0 Å². The Morgan fingerprint density at radius 3 is 2.89 bits per heavy atom. The van der Waals surface area contributed by atoms with E-state index in [9.17, 15) is 4.39 Å². The van der Waals surface area contributed by atoms with Gasteiger partial charge in [-0.05, 0) is 36.8 Å². The van der Waals surface area contributed by atoms with E-state index in [2.05, 4.69) is 17.2 Å². The number of rotatable bonds is 4. The summed E-state index contributed by atoms with van der Waals surface area (Å²) in [7, 11) is 0. The van der Waals surface area contributed by atoms with Crippen molar-refractivity contribution in [1.82, 2.24) is 4.98 Å². The number of nitrogens with zero attached hydrogens (tertiary/aromatic N) is 1. The van der Waals surface area contributed by atoms with Crippen LogP contribution < -0.4 is 5.32 Å². The van der Waals surface area contributed by atoms with Gasteiger partial charge in [-0.25, -0.2) is 9.37 Å². The van der Waals surface area contributed by atoms with Crippen molar-refractivity contribution in [3.8, 4) is 11.3 Å². The molecule has 0 spiro atoms. The van der Waals surface area contributed by atoms with Crippen LogP contribution in [0.4, 0.5) is 10.2 Å². The second kappa shape index (κ2) is 5.83. The maximum Gasteiger partial charge on any atom is 0.126 e. The standard InChI is InChI=1S/C14H14ClFN2/c1-2-8-17-14-5-3-4-13(18-14)11-9-10(16)6-7-12(11)15/h3-7,9H,2,8H2,1H3,(H,17,18). The monoisotopic (exact) mass is 264 g/mol. The summed E-state index contributed by atoms with van der Waals surface area (Å²) in [4.78, 5) is 4.42. The summed E-state index contributed by atoms with van der Waals surface area (Å²) >= 11 is 6.06. The average Bonchev–Trinajstić information content (AvgIpc) is 2.39. The highest BCUT2D eigenvalue weighted by Crippen LogP contribution is 2.27. The van der Waals surface area contributed by atoms with Crippen LogP contribution in [0.2, 0.25) is 5.02 Å². The molecule has 0 saturated carbocycles. The number of benzene rings is 1. The number of halogens is 2. The highest BCUT2D eigenvalue weighted by atomic mass is 35.5. The van der Waals surface area contributed by atoms with Crippen LogP contribution in [0.3, 0.4) is 0 Å². The van der Waals surface area contributed by atoms with E-state index < -0.39 is 0 Å². The molecule has 0 radical (unpaired) electrons. The van der Waals surface area contributed by atoms with E-state index in [0.717, 1.165) is 18.8 Å². The molecule has 1 N–H and O–H groups in total. The Hall–Kier alpha value is -1.61. The highest BCUT2D eigenvalue weighted by Gasteiger charge is 2.07. The Morgan fingerprint density at radius 1 is 1.28 bits per heavy atom. The zero-order valence-electron chi connectivity index (χ0n) is 10.1. The van der Waals surface area contributed by atoms with E-state index >= 15 is 0 Å². The van der Waals surface area contributed by atoms with Gasteiger partial charge in [-0.3, -0.25) is 0 Å². The Labute approximate surface area is 111 Å². The van der Waals surface area contributed by atoms with Crippen molar-refractivity contribution in [3.05, 3.63) is 47.2 Å². The Balaban J connectivity index is 2.35. The molecule has 0 aliphatic heterocycles. The van der Waals surface area contributed by atoms with Gasteiger partial charge >= 0.3 is 0 Å². The lowest BCUT2D eigenvalue weighted by molar-refractivity contribution is 0.628. The molecule has 1 aromatic carbocycles. The fourth-order valence-corrected chi connectivity index (χ4v) is 1.84. The fraction of sp³-hybridized carbons (Fsp3) is 0.214. The van der Waals surface area contributed by atoms with Crippen molar-refractivity contribution in [2.24, 2.45) is 0 Å². The first-order valence-electron chi connectivity index (χ1n) is 5.87. The molecule has 1 heterocycles. The Morgan fingerprint density at radius 2 is 2.11 bits per heavy atom. The molecule has 0 aliphatic rings. The molecular weight excluding hydrogens is 251 g/mol. The minimum Gasteiger partial charge on any atom is -0.370 e. The molecular formula is C14H14ClFN2. The molecule has 0 unspecified atom stereocenters. The second-order valence-corrected chi connectivity index (χ2v) is 4.37. The van der Waals surface area contributed by atoms with Gasteiger partial charge in [-0.1, -0.05) is 24.6 Å². The van der Waals surface area contributed by atoms with Gasteiger partial charge in [0.2, 0.25) is 0 Å². The van der Waals surface area contributed by atoms with Crippen molar-refractivity contribution in [2.75, 3.05) is 11.9 Å².